The molecule has 0 radical (unpaired) electrons. The summed E-state index contributed by atoms with van der Waals surface area (Å²) in [6.07, 6.45) is 1.02. The van der Waals surface area contributed by atoms with Gasteiger partial charge in [-0.3, -0.25) is 4.79 Å². The molecule has 0 bridgehead atoms. The van der Waals surface area contributed by atoms with Gasteiger partial charge < -0.3 is 20.1 Å². The molecule has 5 nitrogen and oxygen atoms in total. The molecule has 0 aromatic heterocycles. The minimum Gasteiger partial charge on any atom is -0.490 e. The van der Waals surface area contributed by atoms with Crippen LogP contribution in [0.2, 0.25) is 5.02 Å². The van der Waals surface area contributed by atoms with Crippen LogP contribution in [0.4, 0.5) is 11.4 Å². The lowest BCUT2D eigenvalue weighted by molar-refractivity contribution is -0.118. The zero-order valence-corrected chi connectivity index (χ0v) is 21.9. The molecule has 0 aliphatic rings. The summed E-state index contributed by atoms with van der Waals surface area (Å²) in [6.45, 7) is 6.99. The molecule has 3 rings (SSSR count). The number of carbonyl (C=O) groups is 1. The molecular weight excluding hydrogens is 551 g/mol. The van der Waals surface area contributed by atoms with Crippen LogP contribution in [0.3, 0.4) is 0 Å². The van der Waals surface area contributed by atoms with E-state index in [0.29, 0.717) is 35.4 Å². The van der Waals surface area contributed by atoms with E-state index in [-0.39, 0.29) is 12.5 Å². The summed E-state index contributed by atoms with van der Waals surface area (Å²) >= 11 is 8.35. The fraction of sp³-hybridized carbons (Fsp3) is 0.269. The standard InChI is InChI=1S/C26H28ClIN2O3/c1-4-18-7-10-20(11-8-18)29-15-19-12-23(28)26(24(13-19)32-5-2)33-16-25(31)30-21-9-6-17(3)22(27)14-21/h6-14,29H,4-5,15-16H2,1-3H3,(H,30,31). The van der Waals surface area contributed by atoms with Crippen LogP contribution in [0.15, 0.2) is 54.6 Å². The first-order valence-corrected chi connectivity index (χ1v) is 12.3. The third-order valence-corrected chi connectivity index (χ3v) is 6.24. The smallest absolute Gasteiger partial charge is 0.262 e. The molecule has 2 N–H and O–H groups in total. The van der Waals surface area contributed by atoms with Gasteiger partial charge >= 0.3 is 0 Å². The third-order valence-electron chi connectivity index (χ3n) is 5.03. The van der Waals surface area contributed by atoms with Crippen molar-refractivity contribution in [3.05, 3.63) is 79.9 Å². The molecule has 0 unspecified atom stereocenters. The number of rotatable bonds is 10. The molecular formula is C26H28ClIN2O3. The average molecular weight is 579 g/mol. The molecule has 0 aliphatic carbocycles. The highest BCUT2D eigenvalue weighted by Crippen LogP contribution is 2.34. The van der Waals surface area contributed by atoms with E-state index in [1.807, 2.05) is 38.1 Å². The van der Waals surface area contributed by atoms with Crippen molar-refractivity contribution in [2.24, 2.45) is 0 Å². The van der Waals surface area contributed by atoms with Crippen LogP contribution >= 0.6 is 34.2 Å². The Bertz CT molecular complexity index is 1100. The fourth-order valence-electron chi connectivity index (χ4n) is 3.19. The van der Waals surface area contributed by atoms with Gasteiger partial charge in [0.2, 0.25) is 0 Å². The molecule has 174 valence electrons. The normalized spacial score (nSPS) is 10.6. The molecule has 3 aromatic rings. The molecule has 0 saturated heterocycles. The minimum absolute atomic E-state index is 0.136. The van der Waals surface area contributed by atoms with E-state index in [2.05, 4.69) is 64.4 Å². The summed E-state index contributed by atoms with van der Waals surface area (Å²) in [4.78, 5) is 12.4. The Kier molecular flexibility index (Phi) is 9.26. The second-order valence-electron chi connectivity index (χ2n) is 7.54. The van der Waals surface area contributed by atoms with Crippen molar-refractivity contribution < 1.29 is 14.3 Å². The van der Waals surface area contributed by atoms with Crippen molar-refractivity contribution in [1.29, 1.82) is 0 Å². The van der Waals surface area contributed by atoms with Crippen molar-refractivity contribution in [2.75, 3.05) is 23.8 Å². The SMILES string of the molecule is CCOc1cc(CNc2ccc(CC)cc2)cc(I)c1OCC(=O)Nc1ccc(C)c(Cl)c1. The van der Waals surface area contributed by atoms with Gasteiger partial charge in [-0.1, -0.05) is 36.7 Å². The first-order valence-electron chi connectivity index (χ1n) is 10.9. The zero-order valence-electron chi connectivity index (χ0n) is 19.0. The maximum atomic E-state index is 12.4. The molecule has 0 fully saturated rings. The molecule has 1 amide bonds. The maximum absolute atomic E-state index is 12.4. The molecule has 0 spiro atoms. The topological polar surface area (TPSA) is 59.6 Å². The third kappa shape index (κ3) is 7.27. The van der Waals surface area contributed by atoms with Crippen molar-refractivity contribution in [2.45, 2.75) is 33.7 Å². The molecule has 3 aromatic carbocycles. The number of halogens is 2. The summed E-state index contributed by atoms with van der Waals surface area (Å²) in [6, 6.07) is 17.8. The van der Waals surface area contributed by atoms with Crippen LogP contribution in [0.1, 0.15) is 30.5 Å². The van der Waals surface area contributed by atoms with E-state index in [9.17, 15) is 4.79 Å². The van der Waals surface area contributed by atoms with Crippen molar-refractivity contribution in [1.82, 2.24) is 0 Å². The van der Waals surface area contributed by atoms with Crippen LogP contribution in [0.5, 0.6) is 11.5 Å². The number of ether oxygens (including phenoxy) is 2. The number of anilines is 2. The molecule has 0 heterocycles. The average Bonchev–Trinajstić information content (AvgIpc) is 2.80. The number of nitrogens with one attached hydrogen (secondary N) is 2. The van der Waals surface area contributed by atoms with E-state index >= 15 is 0 Å². The van der Waals surface area contributed by atoms with E-state index in [4.69, 9.17) is 21.1 Å². The van der Waals surface area contributed by atoms with Crippen molar-refractivity contribution in [3.8, 4) is 11.5 Å². The van der Waals surface area contributed by atoms with Crippen molar-refractivity contribution in [3.63, 3.8) is 0 Å². The molecule has 33 heavy (non-hydrogen) atoms. The lowest BCUT2D eigenvalue weighted by Gasteiger charge is -2.16. The van der Waals surface area contributed by atoms with Gasteiger partial charge in [-0.15, -0.1) is 0 Å². The van der Waals surface area contributed by atoms with Gasteiger partial charge in [0.05, 0.1) is 10.2 Å². The van der Waals surface area contributed by atoms with Crippen LogP contribution < -0.4 is 20.1 Å². The predicted octanol–water partition coefficient (Wildman–Crippen LogP) is 6.84. The van der Waals surface area contributed by atoms with Crippen LogP contribution in [-0.4, -0.2) is 19.1 Å². The Hall–Kier alpha value is -2.45. The first-order chi connectivity index (χ1) is 15.9. The van der Waals surface area contributed by atoms with E-state index in [1.165, 1.54) is 5.56 Å². The quantitative estimate of drug-likeness (QED) is 0.259. The Morgan fingerprint density at radius 3 is 2.36 bits per heavy atom. The first kappa shape index (κ1) is 25.2. The van der Waals surface area contributed by atoms with Crippen LogP contribution in [-0.2, 0) is 17.8 Å². The second kappa shape index (κ2) is 12.1. The minimum atomic E-state index is -0.269. The highest BCUT2D eigenvalue weighted by atomic mass is 127. The van der Waals surface area contributed by atoms with Gasteiger partial charge in [-0.25, -0.2) is 0 Å². The monoisotopic (exact) mass is 578 g/mol. The Morgan fingerprint density at radius 2 is 1.70 bits per heavy atom. The summed E-state index contributed by atoms with van der Waals surface area (Å²) < 4.78 is 12.5. The van der Waals surface area contributed by atoms with Crippen molar-refractivity contribution >= 4 is 51.5 Å². The molecule has 7 heteroatoms. The van der Waals surface area contributed by atoms with Gasteiger partial charge in [-0.2, -0.15) is 0 Å². The predicted molar refractivity (Wildman–Crippen MR) is 144 cm³/mol. The van der Waals surface area contributed by atoms with Gasteiger partial charge in [0, 0.05) is 22.9 Å². The highest BCUT2D eigenvalue weighted by molar-refractivity contribution is 14.1. The van der Waals surface area contributed by atoms with Gasteiger partial charge in [0.15, 0.2) is 18.1 Å². The molecule has 0 atom stereocenters. The number of aryl methyl sites for hydroxylation is 2. The number of carbonyl (C=O) groups excluding carboxylic acids is 1. The number of hydrogen-bond acceptors (Lipinski definition) is 4. The maximum Gasteiger partial charge on any atom is 0.262 e. The van der Waals surface area contributed by atoms with E-state index in [0.717, 1.165) is 26.8 Å². The van der Waals surface area contributed by atoms with Crippen LogP contribution in [0, 0.1) is 10.5 Å². The largest absolute Gasteiger partial charge is 0.490 e. The summed E-state index contributed by atoms with van der Waals surface area (Å²) in [7, 11) is 0. The summed E-state index contributed by atoms with van der Waals surface area (Å²) in [5.74, 6) is 0.911. The van der Waals surface area contributed by atoms with E-state index < -0.39 is 0 Å². The van der Waals surface area contributed by atoms with Gasteiger partial charge in [0.1, 0.15) is 0 Å². The van der Waals surface area contributed by atoms with Gasteiger partial charge in [-0.05, 0) is 95.9 Å². The lowest BCUT2D eigenvalue weighted by Crippen LogP contribution is -2.20. The molecule has 0 aliphatic heterocycles. The Labute approximate surface area is 214 Å². The molecule has 0 saturated carbocycles. The number of hydrogen-bond donors (Lipinski definition) is 2. The number of benzene rings is 3. The zero-order chi connectivity index (χ0) is 23.8. The Balaban J connectivity index is 1.65. The summed E-state index contributed by atoms with van der Waals surface area (Å²) in [5.41, 5.74) is 5.02. The number of amides is 1. The summed E-state index contributed by atoms with van der Waals surface area (Å²) in [5, 5.41) is 6.85. The van der Waals surface area contributed by atoms with Crippen LogP contribution in [0.25, 0.3) is 0 Å². The Morgan fingerprint density at radius 1 is 0.970 bits per heavy atom. The van der Waals surface area contributed by atoms with E-state index in [1.54, 1.807) is 6.07 Å². The lowest BCUT2D eigenvalue weighted by atomic mass is 10.1. The fourth-order valence-corrected chi connectivity index (χ4v) is 4.20. The second-order valence-corrected chi connectivity index (χ2v) is 9.11. The highest BCUT2D eigenvalue weighted by Gasteiger charge is 2.14. The van der Waals surface area contributed by atoms with Gasteiger partial charge in [0.25, 0.3) is 5.91 Å².